The molecule has 0 saturated heterocycles. The molecular weight excluding hydrogens is 256 g/mol. The molecule has 2 nitrogen and oxygen atoms in total. The number of hydrogen-bond donors (Lipinski definition) is 2. The first-order chi connectivity index (χ1) is 7.61. The van der Waals surface area contributed by atoms with E-state index in [1.165, 1.54) is 0 Å². The van der Waals surface area contributed by atoms with E-state index in [0.29, 0.717) is 0 Å². The summed E-state index contributed by atoms with van der Waals surface area (Å²) in [7, 11) is 0. The Balaban J connectivity index is 0.000000284. The summed E-state index contributed by atoms with van der Waals surface area (Å²) >= 11 is 0. The van der Waals surface area contributed by atoms with Gasteiger partial charge in [0.15, 0.2) is 0 Å². The molecule has 2 aromatic carbocycles. The van der Waals surface area contributed by atoms with Gasteiger partial charge in [0.25, 0.3) is 0 Å². The van der Waals surface area contributed by atoms with E-state index in [4.69, 9.17) is 10.2 Å². The maximum absolute atomic E-state index is 8.91. The van der Waals surface area contributed by atoms with E-state index >= 15 is 0 Å². The Morgan fingerprint density at radius 1 is 0.882 bits per heavy atom. The summed E-state index contributed by atoms with van der Waals surface area (Å²) in [4.78, 5) is 0. The molecule has 94 valence electrons. The molecule has 0 fully saturated rings. The minimum atomic E-state index is -0.315. The molecule has 0 aliphatic rings. The fourth-order valence-corrected chi connectivity index (χ4v) is 1.33. The summed E-state index contributed by atoms with van der Waals surface area (Å²) in [6.45, 7) is 3.52. The van der Waals surface area contributed by atoms with Crippen LogP contribution in [0.2, 0.25) is 0 Å². The molecule has 2 atom stereocenters. The molecule has 2 rings (SSSR count). The van der Waals surface area contributed by atoms with Gasteiger partial charge in [-0.1, -0.05) is 0 Å². The summed E-state index contributed by atoms with van der Waals surface area (Å²) in [5.41, 5.74) is 1.98. The van der Waals surface area contributed by atoms with Crippen LogP contribution in [-0.4, -0.2) is 10.2 Å². The molecule has 0 unspecified atom stereocenters. The Labute approximate surface area is 113 Å². The van der Waals surface area contributed by atoms with E-state index < -0.39 is 0 Å². The average molecular weight is 274 g/mol. The van der Waals surface area contributed by atoms with E-state index in [1.807, 2.05) is 48.5 Å². The van der Waals surface area contributed by atoms with Crippen LogP contribution in [0.1, 0.15) is 37.2 Å². The van der Waals surface area contributed by atoms with Crippen LogP contribution in [0, 0.1) is 0 Å². The second-order valence-electron chi connectivity index (χ2n) is 3.79. The Morgan fingerprint density at radius 2 is 1.24 bits per heavy atom. The monoisotopic (exact) mass is 274 g/mol. The Hall–Kier alpha value is -0.861. The number of hydrogen-bond acceptors (Lipinski definition) is 2. The zero-order valence-electron chi connectivity index (χ0n) is 10.0. The molecule has 0 heterocycles. The van der Waals surface area contributed by atoms with E-state index in [1.54, 1.807) is 13.8 Å². The molecule has 0 aliphatic heterocycles. The molecule has 2 aromatic rings. The van der Waals surface area contributed by atoms with Crippen molar-refractivity contribution < 1.29 is 27.3 Å². The third-order valence-electron chi connectivity index (χ3n) is 2.34. The first-order valence-corrected chi connectivity index (χ1v) is 5.40. The summed E-state index contributed by atoms with van der Waals surface area (Å²) in [6, 6.07) is 15.3. The zero-order valence-corrected chi connectivity index (χ0v) is 11.1. The van der Waals surface area contributed by atoms with Gasteiger partial charge in [0.2, 0.25) is 0 Å². The van der Waals surface area contributed by atoms with Gasteiger partial charge in [-0.2, -0.15) is 24.3 Å². The van der Waals surface area contributed by atoms with E-state index in [-0.39, 0.29) is 29.3 Å². The van der Waals surface area contributed by atoms with Gasteiger partial charge in [-0.3, -0.25) is 0 Å². The fraction of sp³-hybridized carbons (Fsp3) is 0.286. The van der Waals surface area contributed by atoms with Crippen molar-refractivity contribution in [2.45, 2.75) is 26.1 Å². The van der Waals surface area contributed by atoms with Gasteiger partial charge < -0.3 is 10.2 Å². The molecule has 0 saturated carbocycles. The number of rotatable bonds is 2. The fourth-order valence-electron chi connectivity index (χ4n) is 1.33. The Kier molecular flexibility index (Phi) is 7.84. The van der Waals surface area contributed by atoms with Crippen molar-refractivity contribution in [3.8, 4) is 0 Å². The smallest absolute Gasteiger partial charge is 0.391 e. The summed E-state index contributed by atoms with van der Waals surface area (Å²) in [6.07, 6.45) is -0.630. The van der Waals surface area contributed by atoms with Crippen LogP contribution in [0.15, 0.2) is 48.5 Å². The Bertz CT molecular complexity index is 323. The topological polar surface area (TPSA) is 40.5 Å². The average Bonchev–Trinajstić information content (AvgIpc) is 2.93. The maximum atomic E-state index is 8.91. The summed E-state index contributed by atoms with van der Waals surface area (Å²) in [5.74, 6) is 0. The normalized spacial score (nSPS) is 12.9. The molecule has 3 heteroatoms. The zero-order chi connectivity index (χ0) is 12.0. The largest absolute Gasteiger partial charge is 2.00 e. The van der Waals surface area contributed by atoms with Gasteiger partial charge in [0.1, 0.15) is 0 Å². The van der Waals surface area contributed by atoms with Crippen molar-refractivity contribution in [3.63, 3.8) is 0 Å². The van der Waals surface area contributed by atoms with Crippen LogP contribution in [0.3, 0.4) is 0 Å². The van der Waals surface area contributed by atoms with Crippen LogP contribution in [0.4, 0.5) is 0 Å². The third-order valence-corrected chi connectivity index (χ3v) is 2.34. The van der Waals surface area contributed by atoms with Crippen LogP contribution < -0.4 is 0 Å². The number of aliphatic hydroxyl groups excluding tert-OH is 2. The SMILES string of the molecule is C[C@@H](O)c1ccc[cH-]1.C[C@@H](O)c1ccc[cH-]1.[Fe+2]. The van der Waals surface area contributed by atoms with E-state index in [0.717, 1.165) is 11.1 Å². The molecule has 0 aliphatic carbocycles. The van der Waals surface area contributed by atoms with Crippen molar-refractivity contribution in [2.75, 3.05) is 0 Å². The minimum absolute atomic E-state index is 0. The molecular formula is C14H18FeO2. The van der Waals surface area contributed by atoms with Crippen molar-refractivity contribution in [3.05, 3.63) is 59.7 Å². The van der Waals surface area contributed by atoms with Crippen LogP contribution in [0.25, 0.3) is 0 Å². The van der Waals surface area contributed by atoms with Gasteiger partial charge in [-0.15, -0.1) is 11.1 Å². The molecule has 0 spiro atoms. The first-order valence-electron chi connectivity index (χ1n) is 5.40. The predicted molar refractivity (Wildman–Crippen MR) is 65.3 cm³/mol. The molecule has 0 bridgehead atoms. The van der Waals surface area contributed by atoms with Crippen molar-refractivity contribution in [1.29, 1.82) is 0 Å². The maximum Gasteiger partial charge on any atom is 2.00 e. The predicted octanol–water partition coefficient (Wildman–Crippen LogP) is 2.92. The summed E-state index contributed by atoms with van der Waals surface area (Å²) < 4.78 is 0. The standard InChI is InChI=1S/2C7H9O.Fe/c2*1-6(8)7-4-2-3-5-7;/h2*2-6,8H,1H3;/q2*-1;+2/t2*6-;/m11./s1. The van der Waals surface area contributed by atoms with Gasteiger partial charge in [0, 0.05) is 0 Å². The number of aliphatic hydroxyl groups is 2. The second-order valence-corrected chi connectivity index (χ2v) is 3.79. The minimum Gasteiger partial charge on any atom is -0.391 e. The van der Waals surface area contributed by atoms with Gasteiger partial charge >= 0.3 is 17.1 Å². The quantitative estimate of drug-likeness (QED) is 0.653. The van der Waals surface area contributed by atoms with Crippen LogP contribution >= 0.6 is 0 Å². The van der Waals surface area contributed by atoms with Crippen molar-refractivity contribution in [2.24, 2.45) is 0 Å². The molecule has 0 aromatic heterocycles. The Morgan fingerprint density at radius 3 is 1.35 bits per heavy atom. The second kappa shape index (κ2) is 8.26. The van der Waals surface area contributed by atoms with Crippen LogP contribution in [0.5, 0.6) is 0 Å². The van der Waals surface area contributed by atoms with Crippen molar-refractivity contribution >= 4 is 0 Å². The van der Waals surface area contributed by atoms with Gasteiger partial charge in [-0.25, -0.2) is 24.3 Å². The molecule has 0 amide bonds. The third kappa shape index (κ3) is 5.85. The molecule has 17 heavy (non-hydrogen) atoms. The van der Waals surface area contributed by atoms with E-state index in [2.05, 4.69) is 0 Å². The van der Waals surface area contributed by atoms with Crippen LogP contribution in [-0.2, 0) is 17.1 Å². The van der Waals surface area contributed by atoms with Gasteiger partial charge in [-0.05, 0) is 13.8 Å². The summed E-state index contributed by atoms with van der Waals surface area (Å²) in [5, 5.41) is 17.8. The molecule has 2 N–H and O–H groups in total. The van der Waals surface area contributed by atoms with E-state index in [9.17, 15) is 0 Å². The van der Waals surface area contributed by atoms with Crippen molar-refractivity contribution in [1.82, 2.24) is 0 Å². The molecule has 0 radical (unpaired) electrons. The van der Waals surface area contributed by atoms with Gasteiger partial charge in [0.05, 0.1) is 12.2 Å². The first kappa shape index (κ1) is 16.1.